The molecule has 5 heteroatoms. The van der Waals surface area contributed by atoms with Gasteiger partial charge in [0.1, 0.15) is 0 Å². The Kier molecular flexibility index (Phi) is 4.52. The van der Waals surface area contributed by atoms with E-state index in [1.165, 1.54) is 5.56 Å². The van der Waals surface area contributed by atoms with Gasteiger partial charge in [-0.3, -0.25) is 9.69 Å². The molecule has 0 N–H and O–H groups in total. The summed E-state index contributed by atoms with van der Waals surface area (Å²) in [7, 11) is 0. The van der Waals surface area contributed by atoms with E-state index in [-0.39, 0.29) is 5.91 Å². The Bertz CT molecular complexity index is 543. The highest BCUT2D eigenvalue weighted by atomic mass is 16.7. The molecule has 0 aliphatic carbocycles. The number of rotatable bonds is 5. The van der Waals surface area contributed by atoms with Gasteiger partial charge in [0.15, 0.2) is 11.5 Å². The second-order valence-electron chi connectivity index (χ2n) is 5.81. The maximum atomic E-state index is 12.4. The van der Waals surface area contributed by atoms with Crippen molar-refractivity contribution in [1.29, 1.82) is 0 Å². The minimum Gasteiger partial charge on any atom is -0.454 e. The Morgan fingerprint density at radius 2 is 2.05 bits per heavy atom. The molecule has 1 unspecified atom stereocenters. The lowest BCUT2D eigenvalue weighted by molar-refractivity contribution is -0.132. The molecule has 1 fully saturated rings. The quantitative estimate of drug-likeness (QED) is 0.838. The lowest BCUT2D eigenvalue weighted by Crippen LogP contribution is -2.40. The molecule has 22 heavy (non-hydrogen) atoms. The molecule has 0 bridgehead atoms. The van der Waals surface area contributed by atoms with Gasteiger partial charge < -0.3 is 14.4 Å². The molecule has 2 aliphatic heterocycles. The van der Waals surface area contributed by atoms with Gasteiger partial charge in [-0.05, 0) is 50.9 Å². The smallest absolute Gasteiger partial charge is 0.236 e. The molecule has 1 aromatic carbocycles. The molecular weight excluding hydrogens is 280 g/mol. The highest BCUT2D eigenvalue weighted by Gasteiger charge is 2.29. The molecule has 0 aromatic heterocycles. The number of amides is 1. The fourth-order valence-electron chi connectivity index (χ4n) is 3.36. The number of nitrogens with zero attached hydrogens (tertiary/aromatic N) is 2. The highest BCUT2D eigenvalue weighted by Crippen LogP contribution is 2.38. The molecule has 2 aliphatic rings. The van der Waals surface area contributed by atoms with Crippen molar-refractivity contribution >= 4 is 5.91 Å². The topological polar surface area (TPSA) is 42.0 Å². The van der Waals surface area contributed by atoms with Crippen molar-refractivity contribution in [1.82, 2.24) is 9.80 Å². The van der Waals surface area contributed by atoms with E-state index in [9.17, 15) is 4.79 Å². The normalized spacial score (nSPS) is 20.4. The Morgan fingerprint density at radius 3 is 2.82 bits per heavy atom. The molecule has 120 valence electrons. The molecule has 1 saturated heterocycles. The first kappa shape index (κ1) is 15.2. The van der Waals surface area contributed by atoms with Crippen molar-refractivity contribution in [2.75, 3.05) is 33.0 Å². The third-order valence-electron chi connectivity index (χ3n) is 4.60. The summed E-state index contributed by atoms with van der Waals surface area (Å²) in [4.78, 5) is 16.6. The van der Waals surface area contributed by atoms with Crippen LogP contribution < -0.4 is 9.47 Å². The van der Waals surface area contributed by atoms with Crippen LogP contribution in [0.2, 0.25) is 0 Å². The van der Waals surface area contributed by atoms with Crippen LogP contribution in [0.15, 0.2) is 18.2 Å². The number of hydrogen-bond acceptors (Lipinski definition) is 4. The van der Waals surface area contributed by atoms with Crippen LogP contribution in [0.3, 0.4) is 0 Å². The van der Waals surface area contributed by atoms with E-state index >= 15 is 0 Å². The van der Waals surface area contributed by atoms with Gasteiger partial charge >= 0.3 is 0 Å². The van der Waals surface area contributed by atoms with Gasteiger partial charge in [-0.2, -0.15) is 0 Å². The van der Waals surface area contributed by atoms with Gasteiger partial charge in [0, 0.05) is 19.1 Å². The van der Waals surface area contributed by atoms with Crippen LogP contribution in [0.1, 0.15) is 38.3 Å². The van der Waals surface area contributed by atoms with Gasteiger partial charge in [-0.15, -0.1) is 0 Å². The molecule has 0 saturated carbocycles. The van der Waals surface area contributed by atoms with E-state index in [1.807, 2.05) is 24.8 Å². The second kappa shape index (κ2) is 6.57. The largest absolute Gasteiger partial charge is 0.454 e. The van der Waals surface area contributed by atoms with Crippen LogP contribution in [-0.4, -0.2) is 48.7 Å². The van der Waals surface area contributed by atoms with Crippen molar-refractivity contribution in [2.24, 2.45) is 0 Å². The van der Waals surface area contributed by atoms with Crippen LogP contribution >= 0.6 is 0 Å². The molecule has 0 radical (unpaired) electrons. The summed E-state index contributed by atoms with van der Waals surface area (Å²) < 4.78 is 10.8. The monoisotopic (exact) mass is 304 g/mol. The Hall–Kier alpha value is -1.75. The minimum absolute atomic E-state index is 0.220. The lowest BCUT2D eigenvalue weighted by atomic mass is 10.0. The van der Waals surface area contributed by atoms with Crippen LogP contribution in [0.5, 0.6) is 11.5 Å². The summed E-state index contributed by atoms with van der Waals surface area (Å²) in [6.45, 7) is 7.39. The van der Waals surface area contributed by atoms with Crippen molar-refractivity contribution in [3.8, 4) is 11.5 Å². The molecule has 5 nitrogen and oxygen atoms in total. The van der Waals surface area contributed by atoms with Crippen molar-refractivity contribution in [3.05, 3.63) is 23.8 Å². The predicted octanol–water partition coefficient (Wildman–Crippen LogP) is 2.42. The number of likely N-dealkylation sites (N-methyl/N-ethyl adjacent to an activating group) is 1. The summed E-state index contributed by atoms with van der Waals surface area (Å²) in [5.41, 5.74) is 1.22. The van der Waals surface area contributed by atoms with Gasteiger partial charge in [-0.25, -0.2) is 0 Å². The number of likely N-dealkylation sites (tertiary alicyclic amines) is 1. The van der Waals surface area contributed by atoms with Crippen molar-refractivity contribution in [2.45, 2.75) is 32.7 Å². The second-order valence-corrected chi connectivity index (χ2v) is 5.81. The van der Waals surface area contributed by atoms with Crippen LogP contribution in [0, 0.1) is 0 Å². The first-order valence-electron chi connectivity index (χ1n) is 8.14. The summed E-state index contributed by atoms with van der Waals surface area (Å²) in [6, 6.07) is 6.43. The molecule has 1 aromatic rings. The van der Waals surface area contributed by atoms with E-state index in [4.69, 9.17) is 9.47 Å². The van der Waals surface area contributed by atoms with Crippen LogP contribution in [-0.2, 0) is 4.79 Å². The van der Waals surface area contributed by atoms with Crippen molar-refractivity contribution in [3.63, 3.8) is 0 Å². The summed E-state index contributed by atoms with van der Waals surface area (Å²) in [5, 5.41) is 0. The third kappa shape index (κ3) is 2.90. The maximum Gasteiger partial charge on any atom is 0.236 e. The molecule has 2 heterocycles. The van der Waals surface area contributed by atoms with Crippen molar-refractivity contribution < 1.29 is 14.3 Å². The Morgan fingerprint density at radius 1 is 1.27 bits per heavy atom. The van der Waals surface area contributed by atoms with Gasteiger partial charge in [-0.1, -0.05) is 6.07 Å². The number of carbonyl (C=O) groups excluding carboxylic acids is 1. The average molecular weight is 304 g/mol. The van der Waals surface area contributed by atoms with E-state index in [0.717, 1.165) is 44.0 Å². The maximum absolute atomic E-state index is 12.4. The lowest BCUT2D eigenvalue weighted by Gasteiger charge is -2.27. The number of hydrogen-bond donors (Lipinski definition) is 0. The van der Waals surface area contributed by atoms with Gasteiger partial charge in [0.25, 0.3) is 0 Å². The summed E-state index contributed by atoms with van der Waals surface area (Å²) in [5.74, 6) is 1.85. The van der Waals surface area contributed by atoms with Crippen LogP contribution in [0.4, 0.5) is 0 Å². The molecule has 1 atom stereocenters. The number of ether oxygens (including phenoxy) is 2. The molecule has 1 amide bonds. The van der Waals surface area contributed by atoms with Gasteiger partial charge in [0.05, 0.1) is 6.54 Å². The zero-order chi connectivity index (χ0) is 15.5. The standard InChI is InChI=1S/C17H24N2O3/c1-3-18(4-2)17(20)11-19-9-5-6-14(19)13-7-8-15-16(10-13)22-12-21-15/h7-8,10,14H,3-6,9,11-12H2,1-2H3. The summed E-state index contributed by atoms with van der Waals surface area (Å²) >= 11 is 0. The fourth-order valence-corrected chi connectivity index (χ4v) is 3.36. The van der Waals surface area contributed by atoms with E-state index in [1.54, 1.807) is 0 Å². The number of benzene rings is 1. The van der Waals surface area contributed by atoms with E-state index in [0.29, 0.717) is 19.4 Å². The van der Waals surface area contributed by atoms with E-state index in [2.05, 4.69) is 17.0 Å². The SMILES string of the molecule is CCN(CC)C(=O)CN1CCCC1c1ccc2c(c1)OCO2. The average Bonchev–Trinajstić information content (AvgIpc) is 3.16. The molecule has 3 rings (SSSR count). The third-order valence-corrected chi connectivity index (χ3v) is 4.60. The fraction of sp³-hybridized carbons (Fsp3) is 0.588. The predicted molar refractivity (Wildman–Crippen MR) is 84.0 cm³/mol. The molecular formula is C17H24N2O3. The first-order valence-corrected chi connectivity index (χ1v) is 8.14. The Balaban J connectivity index is 1.72. The van der Waals surface area contributed by atoms with Gasteiger partial charge in [0.2, 0.25) is 12.7 Å². The number of fused-ring (bicyclic) bond motifs is 1. The zero-order valence-corrected chi connectivity index (χ0v) is 13.4. The minimum atomic E-state index is 0.220. The highest BCUT2D eigenvalue weighted by molar-refractivity contribution is 5.78. The summed E-state index contributed by atoms with van der Waals surface area (Å²) in [6.07, 6.45) is 2.22. The Labute approximate surface area is 131 Å². The first-order chi connectivity index (χ1) is 10.7. The zero-order valence-electron chi connectivity index (χ0n) is 13.4. The number of carbonyl (C=O) groups is 1. The van der Waals surface area contributed by atoms with Crippen LogP contribution in [0.25, 0.3) is 0 Å². The van der Waals surface area contributed by atoms with E-state index < -0.39 is 0 Å². The molecule has 0 spiro atoms.